The molecule has 0 aromatic rings. The van der Waals surface area contributed by atoms with Gasteiger partial charge in [-0.1, -0.05) is 13.3 Å². The molecule has 0 radical (unpaired) electrons. The number of rotatable bonds is 6. The van der Waals surface area contributed by atoms with Gasteiger partial charge < -0.3 is 15.0 Å². The number of hydrogen-bond acceptors (Lipinski definition) is 3. The van der Waals surface area contributed by atoms with E-state index in [1.807, 2.05) is 0 Å². The van der Waals surface area contributed by atoms with E-state index in [2.05, 4.69) is 17.1 Å². The zero-order valence-corrected chi connectivity index (χ0v) is 11.3. The Balaban J connectivity index is 1.48. The molecule has 0 aromatic heterocycles. The highest BCUT2D eigenvalue weighted by Gasteiger charge is 2.20. The van der Waals surface area contributed by atoms with Crippen molar-refractivity contribution in [3.8, 4) is 0 Å². The summed E-state index contributed by atoms with van der Waals surface area (Å²) in [5.41, 5.74) is 0. The fourth-order valence-electron chi connectivity index (χ4n) is 2.95. The van der Waals surface area contributed by atoms with Gasteiger partial charge in [0, 0.05) is 19.7 Å². The van der Waals surface area contributed by atoms with Crippen molar-refractivity contribution in [2.75, 3.05) is 39.3 Å². The summed E-state index contributed by atoms with van der Waals surface area (Å²) in [7, 11) is 0. The molecule has 17 heavy (non-hydrogen) atoms. The monoisotopic (exact) mass is 240 g/mol. The molecule has 0 amide bonds. The summed E-state index contributed by atoms with van der Waals surface area (Å²) in [6.45, 7) is 9.41. The van der Waals surface area contributed by atoms with Gasteiger partial charge in [-0.15, -0.1) is 0 Å². The van der Waals surface area contributed by atoms with Crippen LogP contribution >= 0.6 is 0 Å². The van der Waals surface area contributed by atoms with Crippen LogP contribution in [-0.2, 0) is 4.74 Å². The van der Waals surface area contributed by atoms with E-state index < -0.39 is 0 Å². The summed E-state index contributed by atoms with van der Waals surface area (Å²) in [4.78, 5) is 2.61. The minimum Gasteiger partial charge on any atom is -0.378 e. The molecule has 2 fully saturated rings. The van der Waals surface area contributed by atoms with Gasteiger partial charge in [-0.25, -0.2) is 0 Å². The van der Waals surface area contributed by atoms with Gasteiger partial charge in [0.2, 0.25) is 0 Å². The van der Waals surface area contributed by atoms with Gasteiger partial charge in [0.1, 0.15) is 0 Å². The van der Waals surface area contributed by atoms with Crippen molar-refractivity contribution in [3.05, 3.63) is 0 Å². The largest absolute Gasteiger partial charge is 0.378 e. The van der Waals surface area contributed by atoms with Crippen molar-refractivity contribution < 1.29 is 4.74 Å². The Bertz CT molecular complexity index is 204. The Morgan fingerprint density at radius 1 is 1.24 bits per heavy atom. The summed E-state index contributed by atoms with van der Waals surface area (Å²) >= 11 is 0. The third-order valence-corrected chi connectivity index (χ3v) is 4.21. The predicted octanol–water partition coefficient (Wildman–Crippen LogP) is 1.88. The molecule has 2 saturated heterocycles. The van der Waals surface area contributed by atoms with Crippen LogP contribution in [0.15, 0.2) is 0 Å². The average molecular weight is 240 g/mol. The van der Waals surface area contributed by atoms with Crippen LogP contribution in [0.5, 0.6) is 0 Å². The van der Waals surface area contributed by atoms with Crippen LogP contribution in [0.25, 0.3) is 0 Å². The van der Waals surface area contributed by atoms with Crippen LogP contribution < -0.4 is 5.32 Å². The fraction of sp³-hybridized carbons (Fsp3) is 1.00. The first-order valence-electron chi connectivity index (χ1n) is 7.43. The molecule has 1 N–H and O–H groups in total. The number of nitrogens with one attached hydrogen (secondary N) is 1. The van der Waals surface area contributed by atoms with E-state index in [0.717, 1.165) is 25.6 Å². The highest BCUT2D eigenvalue weighted by molar-refractivity contribution is 4.74. The Morgan fingerprint density at radius 2 is 2.06 bits per heavy atom. The van der Waals surface area contributed by atoms with Crippen LogP contribution in [0.4, 0.5) is 0 Å². The normalized spacial score (nSPS) is 27.7. The highest BCUT2D eigenvalue weighted by Crippen LogP contribution is 2.19. The first-order chi connectivity index (χ1) is 8.38. The van der Waals surface area contributed by atoms with Crippen LogP contribution in [0.1, 0.15) is 39.0 Å². The quantitative estimate of drug-likeness (QED) is 0.717. The molecule has 0 spiro atoms. The third kappa shape index (κ3) is 4.57. The van der Waals surface area contributed by atoms with Crippen molar-refractivity contribution in [2.24, 2.45) is 5.92 Å². The lowest BCUT2D eigenvalue weighted by atomic mass is 10.1. The zero-order valence-electron chi connectivity index (χ0n) is 11.3. The molecule has 2 aliphatic heterocycles. The second-order valence-electron chi connectivity index (χ2n) is 5.54. The van der Waals surface area contributed by atoms with E-state index in [1.54, 1.807) is 0 Å². The molecule has 0 bridgehead atoms. The van der Waals surface area contributed by atoms with Gasteiger partial charge in [-0.05, 0) is 51.2 Å². The number of likely N-dealkylation sites (tertiary alicyclic amines) is 1. The molecule has 100 valence electrons. The molecule has 2 heterocycles. The molecular weight excluding hydrogens is 212 g/mol. The lowest BCUT2D eigenvalue weighted by Gasteiger charge is -2.23. The molecule has 2 aliphatic rings. The van der Waals surface area contributed by atoms with E-state index in [0.29, 0.717) is 6.10 Å². The third-order valence-electron chi connectivity index (χ3n) is 4.21. The van der Waals surface area contributed by atoms with Crippen molar-refractivity contribution in [3.63, 3.8) is 0 Å². The number of piperidine rings is 1. The van der Waals surface area contributed by atoms with E-state index in [4.69, 9.17) is 4.74 Å². The molecule has 3 nitrogen and oxygen atoms in total. The van der Waals surface area contributed by atoms with E-state index in [1.165, 1.54) is 51.7 Å². The van der Waals surface area contributed by atoms with Gasteiger partial charge in [0.15, 0.2) is 0 Å². The molecule has 1 unspecified atom stereocenters. The Hall–Kier alpha value is -0.120. The second kappa shape index (κ2) is 7.34. The Morgan fingerprint density at radius 3 is 2.76 bits per heavy atom. The number of nitrogens with zero attached hydrogens (tertiary/aromatic N) is 1. The van der Waals surface area contributed by atoms with Gasteiger partial charge in [-0.3, -0.25) is 0 Å². The van der Waals surface area contributed by atoms with E-state index in [-0.39, 0.29) is 0 Å². The molecule has 1 atom stereocenters. The molecular formula is C14H28N2O. The maximum Gasteiger partial charge on any atom is 0.0599 e. The van der Waals surface area contributed by atoms with Crippen LogP contribution in [-0.4, -0.2) is 50.3 Å². The van der Waals surface area contributed by atoms with E-state index in [9.17, 15) is 0 Å². The smallest absolute Gasteiger partial charge is 0.0599 e. The minimum absolute atomic E-state index is 0.526. The van der Waals surface area contributed by atoms with Crippen molar-refractivity contribution in [2.45, 2.75) is 45.1 Å². The van der Waals surface area contributed by atoms with Crippen LogP contribution in [0.3, 0.4) is 0 Å². The second-order valence-corrected chi connectivity index (χ2v) is 5.54. The first-order valence-corrected chi connectivity index (χ1v) is 7.43. The predicted molar refractivity (Wildman–Crippen MR) is 71.3 cm³/mol. The Kier molecular flexibility index (Phi) is 5.75. The van der Waals surface area contributed by atoms with Crippen molar-refractivity contribution >= 4 is 0 Å². The fourth-order valence-corrected chi connectivity index (χ4v) is 2.95. The molecule has 0 saturated carbocycles. The number of ether oxygens (including phenoxy) is 1. The summed E-state index contributed by atoms with van der Waals surface area (Å²) in [5.74, 6) is 0.959. The maximum atomic E-state index is 5.93. The van der Waals surface area contributed by atoms with Gasteiger partial charge >= 0.3 is 0 Å². The summed E-state index contributed by atoms with van der Waals surface area (Å²) < 4.78 is 5.93. The van der Waals surface area contributed by atoms with E-state index >= 15 is 0 Å². The van der Waals surface area contributed by atoms with Crippen molar-refractivity contribution in [1.29, 1.82) is 0 Å². The average Bonchev–Trinajstić information content (AvgIpc) is 2.84. The molecule has 0 aliphatic carbocycles. The van der Waals surface area contributed by atoms with Crippen LogP contribution in [0.2, 0.25) is 0 Å². The van der Waals surface area contributed by atoms with Crippen LogP contribution in [0, 0.1) is 5.92 Å². The summed E-state index contributed by atoms with van der Waals surface area (Å²) in [6.07, 6.45) is 6.88. The van der Waals surface area contributed by atoms with Gasteiger partial charge in [0.05, 0.1) is 6.10 Å². The number of hydrogen-bond donors (Lipinski definition) is 1. The SMILES string of the molecule is CCC1CCN(CCCOC2CCNCC2)C1. The summed E-state index contributed by atoms with van der Waals surface area (Å²) in [6, 6.07) is 0. The van der Waals surface area contributed by atoms with Gasteiger partial charge in [0.25, 0.3) is 0 Å². The lowest BCUT2D eigenvalue weighted by molar-refractivity contribution is 0.0285. The maximum absolute atomic E-state index is 5.93. The molecule has 3 heteroatoms. The molecule has 0 aromatic carbocycles. The summed E-state index contributed by atoms with van der Waals surface area (Å²) in [5, 5.41) is 3.37. The minimum atomic E-state index is 0.526. The highest BCUT2D eigenvalue weighted by atomic mass is 16.5. The lowest BCUT2D eigenvalue weighted by Crippen LogP contribution is -2.33. The van der Waals surface area contributed by atoms with Gasteiger partial charge in [-0.2, -0.15) is 0 Å². The molecule has 2 rings (SSSR count). The first kappa shape index (κ1) is 13.3. The Labute approximate surface area is 106 Å². The van der Waals surface area contributed by atoms with Crippen molar-refractivity contribution in [1.82, 2.24) is 10.2 Å². The zero-order chi connectivity index (χ0) is 11.9. The standard InChI is InChI=1S/C14H28N2O/c1-2-13-6-10-16(12-13)9-3-11-17-14-4-7-15-8-5-14/h13-15H,2-12H2,1H3. The topological polar surface area (TPSA) is 24.5 Å².